The molecule has 0 nitrogen and oxygen atoms in total. The molecule has 0 heteroatoms. The van der Waals surface area contributed by atoms with E-state index in [2.05, 4.69) is 39.8 Å². The van der Waals surface area contributed by atoms with E-state index in [9.17, 15) is 0 Å². The first-order chi connectivity index (χ1) is 6.15. The zero-order chi connectivity index (χ0) is 9.84. The van der Waals surface area contributed by atoms with Gasteiger partial charge in [0, 0.05) is 0 Å². The van der Waals surface area contributed by atoms with Gasteiger partial charge in [0.15, 0.2) is 0 Å². The van der Waals surface area contributed by atoms with E-state index in [0.29, 0.717) is 0 Å². The average Bonchev–Trinajstić information content (AvgIpc) is 2.09. The van der Waals surface area contributed by atoms with Gasteiger partial charge in [-0.2, -0.15) is 0 Å². The Kier molecular flexibility index (Phi) is 4.02. The van der Waals surface area contributed by atoms with E-state index < -0.39 is 0 Å². The van der Waals surface area contributed by atoms with E-state index in [1.165, 1.54) is 19.3 Å². The lowest BCUT2D eigenvalue weighted by atomic mass is 9.69. The summed E-state index contributed by atoms with van der Waals surface area (Å²) in [5.41, 5.74) is 0. The van der Waals surface area contributed by atoms with Gasteiger partial charge in [0.1, 0.15) is 0 Å². The van der Waals surface area contributed by atoms with Crippen LogP contribution in [0, 0.1) is 23.7 Å². The standard InChI is InChI=1S/C13H24/c1-5-6-7-13-9-11(3)10(2)8-12(13)4/h5-6,10-13H,7-9H2,1-4H3/b6-5-. The first kappa shape index (κ1) is 10.8. The molecule has 0 radical (unpaired) electrons. The van der Waals surface area contributed by atoms with Crippen LogP contribution < -0.4 is 0 Å². The molecule has 0 heterocycles. The van der Waals surface area contributed by atoms with Crippen molar-refractivity contribution in [3.05, 3.63) is 12.2 Å². The van der Waals surface area contributed by atoms with Crippen LogP contribution >= 0.6 is 0 Å². The molecule has 0 aromatic carbocycles. The van der Waals surface area contributed by atoms with E-state index in [0.717, 1.165) is 23.7 Å². The molecule has 1 fully saturated rings. The second kappa shape index (κ2) is 4.83. The maximum atomic E-state index is 2.43. The monoisotopic (exact) mass is 180 g/mol. The van der Waals surface area contributed by atoms with Crippen LogP contribution in [-0.2, 0) is 0 Å². The first-order valence-electron chi connectivity index (χ1n) is 5.76. The van der Waals surface area contributed by atoms with Gasteiger partial charge in [-0.25, -0.2) is 0 Å². The lowest BCUT2D eigenvalue weighted by Gasteiger charge is -2.36. The Morgan fingerprint density at radius 1 is 1.00 bits per heavy atom. The number of rotatable bonds is 2. The Labute approximate surface area is 83.4 Å². The Bertz CT molecular complexity index is 169. The highest BCUT2D eigenvalue weighted by Gasteiger charge is 2.29. The molecular formula is C13H24. The number of hydrogen-bond donors (Lipinski definition) is 0. The van der Waals surface area contributed by atoms with Crippen molar-refractivity contribution in [1.29, 1.82) is 0 Å². The van der Waals surface area contributed by atoms with Gasteiger partial charge in [-0.05, 0) is 49.9 Å². The molecule has 0 bridgehead atoms. The van der Waals surface area contributed by atoms with Gasteiger partial charge >= 0.3 is 0 Å². The van der Waals surface area contributed by atoms with Gasteiger partial charge in [0.2, 0.25) is 0 Å². The third-order valence-corrected chi connectivity index (χ3v) is 3.87. The summed E-state index contributed by atoms with van der Waals surface area (Å²) in [4.78, 5) is 0. The summed E-state index contributed by atoms with van der Waals surface area (Å²) in [6.07, 6.45) is 8.70. The summed E-state index contributed by atoms with van der Waals surface area (Å²) in [6, 6.07) is 0. The van der Waals surface area contributed by atoms with Crippen molar-refractivity contribution in [3.8, 4) is 0 Å². The average molecular weight is 180 g/mol. The van der Waals surface area contributed by atoms with Crippen LogP contribution in [0.3, 0.4) is 0 Å². The highest BCUT2D eigenvalue weighted by molar-refractivity contribution is 4.87. The van der Waals surface area contributed by atoms with E-state index in [1.54, 1.807) is 0 Å². The smallest absolute Gasteiger partial charge is 0.0320 e. The summed E-state index contributed by atoms with van der Waals surface area (Å²) in [7, 11) is 0. The first-order valence-corrected chi connectivity index (χ1v) is 5.76. The molecule has 0 aromatic heterocycles. The second-order valence-electron chi connectivity index (χ2n) is 4.97. The van der Waals surface area contributed by atoms with Crippen LogP contribution in [0.5, 0.6) is 0 Å². The normalized spacial score (nSPS) is 41.2. The Morgan fingerprint density at radius 2 is 1.62 bits per heavy atom. The summed E-state index contributed by atoms with van der Waals surface area (Å²) in [5.74, 6) is 3.76. The van der Waals surface area contributed by atoms with Crippen LogP contribution in [0.4, 0.5) is 0 Å². The largest absolute Gasteiger partial charge is 0.0917 e. The molecular weight excluding hydrogens is 156 g/mol. The topological polar surface area (TPSA) is 0 Å². The van der Waals surface area contributed by atoms with E-state index >= 15 is 0 Å². The number of allylic oxidation sites excluding steroid dienone is 2. The summed E-state index contributed by atoms with van der Waals surface area (Å²) < 4.78 is 0. The molecule has 4 unspecified atom stereocenters. The minimum atomic E-state index is 0.933. The van der Waals surface area contributed by atoms with Gasteiger partial charge in [0.25, 0.3) is 0 Å². The summed E-state index contributed by atoms with van der Waals surface area (Å²) in [5, 5.41) is 0. The van der Waals surface area contributed by atoms with E-state index in [1.807, 2.05) is 0 Å². The van der Waals surface area contributed by atoms with E-state index in [4.69, 9.17) is 0 Å². The van der Waals surface area contributed by atoms with Crippen molar-refractivity contribution < 1.29 is 0 Å². The Hall–Kier alpha value is -0.260. The molecule has 1 aliphatic carbocycles. The minimum Gasteiger partial charge on any atom is -0.0917 e. The zero-order valence-electron chi connectivity index (χ0n) is 9.59. The van der Waals surface area contributed by atoms with Crippen molar-refractivity contribution in [2.75, 3.05) is 0 Å². The maximum absolute atomic E-state index is 2.43. The number of hydrogen-bond acceptors (Lipinski definition) is 0. The molecule has 0 spiro atoms. The van der Waals surface area contributed by atoms with Crippen LogP contribution in [0.2, 0.25) is 0 Å². The van der Waals surface area contributed by atoms with Crippen molar-refractivity contribution in [3.63, 3.8) is 0 Å². The van der Waals surface area contributed by atoms with Crippen molar-refractivity contribution in [1.82, 2.24) is 0 Å². The third-order valence-electron chi connectivity index (χ3n) is 3.87. The summed E-state index contributed by atoms with van der Waals surface area (Å²) in [6.45, 7) is 9.38. The summed E-state index contributed by atoms with van der Waals surface area (Å²) >= 11 is 0. The fourth-order valence-corrected chi connectivity index (χ4v) is 2.59. The van der Waals surface area contributed by atoms with Crippen LogP contribution in [0.1, 0.15) is 47.0 Å². The highest BCUT2D eigenvalue weighted by atomic mass is 14.3. The van der Waals surface area contributed by atoms with Gasteiger partial charge in [-0.1, -0.05) is 32.9 Å². The molecule has 4 atom stereocenters. The van der Waals surface area contributed by atoms with Gasteiger partial charge < -0.3 is 0 Å². The molecule has 1 rings (SSSR count). The van der Waals surface area contributed by atoms with Crippen LogP contribution in [-0.4, -0.2) is 0 Å². The third kappa shape index (κ3) is 2.86. The van der Waals surface area contributed by atoms with Gasteiger partial charge in [-0.3, -0.25) is 0 Å². The van der Waals surface area contributed by atoms with Gasteiger partial charge in [-0.15, -0.1) is 0 Å². The second-order valence-corrected chi connectivity index (χ2v) is 4.97. The highest BCUT2D eigenvalue weighted by Crippen LogP contribution is 2.39. The quantitative estimate of drug-likeness (QED) is 0.557. The molecule has 0 aliphatic heterocycles. The Balaban J connectivity index is 2.46. The SMILES string of the molecule is C/C=C\CC1CC(C)C(C)CC1C. The van der Waals surface area contributed by atoms with Crippen molar-refractivity contribution in [2.45, 2.75) is 47.0 Å². The van der Waals surface area contributed by atoms with Gasteiger partial charge in [0.05, 0.1) is 0 Å². The fourth-order valence-electron chi connectivity index (χ4n) is 2.59. The molecule has 0 saturated heterocycles. The molecule has 13 heavy (non-hydrogen) atoms. The molecule has 0 N–H and O–H groups in total. The minimum absolute atomic E-state index is 0.933. The van der Waals surface area contributed by atoms with E-state index in [-0.39, 0.29) is 0 Å². The Morgan fingerprint density at radius 3 is 2.23 bits per heavy atom. The lowest BCUT2D eigenvalue weighted by molar-refractivity contribution is 0.146. The lowest BCUT2D eigenvalue weighted by Crippen LogP contribution is -2.27. The molecule has 76 valence electrons. The predicted octanol–water partition coefficient (Wildman–Crippen LogP) is 4.27. The van der Waals surface area contributed by atoms with Crippen LogP contribution in [0.25, 0.3) is 0 Å². The van der Waals surface area contributed by atoms with Crippen molar-refractivity contribution >= 4 is 0 Å². The van der Waals surface area contributed by atoms with Crippen LogP contribution in [0.15, 0.2) is 12.2 Å². The molecule has 1 aliphatic rings. The fraction of sp³-hybridized carbons (Fsp3) is 0.846. The molecule has 0 amide bonds. The maximum Gasteiger partial charge on any atom is -0.0320 e. The predicted molar refractivity (Wildman–Crippen MR) is 59.6 cm³/mol. The zero-order valence-corrected chi connectivity index (χ0v) is 9.59. The molecule has 0 aromatic rings. The molecule has 1 saturated carbocycles. The van der Waals surface area contributed by atoms with Crippen molar-refractivity contribution in [2.24, 2.45) is 23.7 Å².